The number of rotatable bonds is 5. The third-order valence-electron chi connectivity index (χ3n) is 0.874. The van der Waals surface area contributed by atoms with Crippen LogP contribution in [0.4, 0.5) is 0 Å². The largest absolute Gasteiger partial charge is 0.380 e. The summed E-state index contributed by atoms with van der Waals surface area (Å²) in [5.74, 6) is 0. The molecule has 0 radical (unpaired) electrons. The predicted molar refractivity (Wildman–Crippen MR) is 39.9 cm³/mol. The van der Waals surface area contributed by atoms with E-state index in [1.54, 1.807) is 6.92 Å². The fourth-order valence-corrected chi connectivity index (χ4v) is 0.913. The summed E-state index contributed by atoms with van der Waals surface area (Å²) in [4.78, 5) is 0. The van der Waals surface area contributed by atoms with Gasteiger partial charge in [-0.2, -0.15) is 0 Å². The molecule has 10 heavy (non-hydrogen) atoms. The first-order chi connectivity index (χ1) is 4.66. The minimum atomic E-state index is -1.93. The molecule has 2 unspecified atom stereocenters. The third-order valence-corrected chi connectivity index (χ3v) is 1.48. The maximum Gasteiger partial charge on any atom is 0.232 e. The molecule has 0 aliphatic heterocycles. The number of ether oxygens (including phenoxy) is 1. The number of hydrogen-bond donors (Lipinski definition) is 2. The van der Waals surface area contributed by atoms with Crippen molar-refractivity contribution in [2.75, 3.05) is 13.2 Å². The van der Waals surface area contributed by atoms with Gasteiger partial charge in [-0.3, -0.25) is 4.55 Å². The monoisotopic (exact) mass is 167 g/mol. The average Bonchev–Trinajstić information content (AvgIpc) is 1.82. The van der Waals surface area contributed by atoms with E-state index in [1.807, 2.05) is 6.92 Å². The van der Waals surface area contributed by atoms with Crippen molar-refractivity contribution in [3.05, 3.63) is 0 Å². The summed E-state index contributed by atoms with van der Waals surface area (Å²) < 4.78 is 25.8. The summed E-state index contributed by atoms with van der Waals surface area (Å²) in [6, 6.07) is -0.0780. The van der Waals surface area contributed by atoms with Crippen LogP contribution in [-0.2, 0) is 16.0 Å². The molecule has 4 nitrogen and oxygen atoms in total. The van der Waals surface area contributed by atoms with E-state index in [1.165, 1.54) is 0 Å². The molecule has 0 heterocycles. The topological polar surface area (TPSA) is 58.6 Å². The summed E-state index contributed by atoms with van der Waals surface area (Å²) in [6.07, 6.45) is 0. The van der Waals surface area contributed by atoms with Crippen LogP contribution >= 0.6 is 0 Å². The first-order valence-corrected chi connectivity index (χ1v) is 4.22. The summed E-state index contributed by atoms with van der Waals surface area (Å²) in [7, 11) is 0. The van der Waals surface area contributed by atoms with E-state index in [-0.39, 0.29) is 6.04 Å². The molecule has 2 N–H and O–H groups in total. The highest BCUT2D eigenvalue weighted by atomic mass is 32.2. The fraction of sp³-hybridized carbons (Fsp3) is 1.00. The molecule has 0 rings (SSSR count). The van der Waals surface area contributed by atoms with E-state index < -0.39 is 11.3 Å². The van der Waals surface area contributed by atoms with Gasteiger partial charge in [-0.25, -0.2) is 8.93 Å². The van der Waals surface area contributed by atoms with Crippen LogP contribution in [0.15, 0.2) is 0 Å². The smallest absolute Gasteiger partial charge is 0.232 e. The molecule has 2 atom stereocenters. The lowest BCUT2D eigenvalue weighted by molar-refractivity contribution is 0.133. The third kappa shape index (κ3) is 6.15. The predicted octanol–water partition coefficient (Wildman–Crippen LogP) is 0.138. The lowest BCUT2D eigenvalue weighted by Gasteiger charge is -2.08. The first kappa shape index (κ1) is 10.0. The van der Waals surface area contributed by atoms with Crippen LogP contribution in [0.5, 0.6) is 0 Å². The molecule has 0 saturated heterocycles. The molecule has 0 aliphatic carbocycles. The Balaban J connectivity index is 3.25. The molecule has 5 heteroatoms. The van der Waals surface area contributed by atoms with Gasteiger partial charge in [0, 0.05) is 12.6 Å². The summed E-state index contributed by atoms with van der Waals surface area (Å²) >= 11 is -1.93. The molecule has 62 valence electrons. The molecule has 0 aliphatic rings. The van der Waals surface area contributed by atoms with Crippen LogP contribution in [0.3, 0.4) is 0 Å². The van der Waals surface area contributed by atoms with Crippen molar-refractivity contribution in [2.24, 2.45) is 0 Å². The van der Waals surface area contributed by atoms with Crippen molar-refractivity contribution >= 4 is 11.3 Å². The van der Waals surface area contributed by atoms with Gasteiger partial charge >= 0.3 is 0 Å². The molecule has 0 aromatic heterocycles. The minimum Gasteiger partial charge on any atom is -0.380 e. The standard InChI is InChI=1S/C5H13NO3S/c1-3-9-4-5(2)6-10(7)8/h5-6H,3-4H2,1-2H3,(H,7,8). The van der Waals surface area contributed by atoms with Gasteiger partial charge in [0.15, 0.2) is 0 Å². The normalized spacial score (nSPS) is 16.7. The van der Waals surface area contributed by atoms with Gasteiger partial charge in [0.2, 0.25) is 11.3 Å². The van der Waals surface area contributed by atoms with Crippen LogP contribution in [0, 0.1) is 0 Å². The first-order valence-electron chi connectivity index (χ1n) is 3.11. The van der Waals surface area contributed by atoms with Crippen LogP contribution in [0.1, 0.15) is 13.8 Å². The zero-order valence-corrected chi connectivity index (χ0v) is 6.98. The SMILES string of the molecule is CCOCC(C)NS(=O)O. The van der Waals surface area contributed by atoms with Crippen LogP contribution in [0.2, 0.25) is 0 Å². The Morgan fingerprint density at radius 2 is 2.40 bits per heavy atom. The average molecular weight is 167 g/mol. The van der Waals surface area contributed by atoms with Gasteiger partial charge in [0.25, 0.3) is 0 Å². The van der Waals surface area contributed by atoms with Gasteiger partial charge in [-0.05, 0) is 13.8 Å². The van der Waals surface area contributed by atoms with E-state index in [4.69, 9.17) is 9.29 Å². The van der Waals surface area contributed by atoms with Gasteiger partial charge in [-0.15, -0.1) is 0 Å². The number of hydrogen-bond acceptors (Lipinski definition) is 2. The summed E-state index contributed by atoms with van der Waals surface area (Å²) in [5.41, 5.74) is 0. The van der Waals surface area contributed by atoms with Crippen molar-refractivity contribution in [2.45, 2.75) is 19.9 Å². The second kappa shape index (κ2) is 5.79. The Morgan fingerprint density at radius 3 is 2.80 bits per heavy atom. The second-order valence-corrected chi connectivity index (χ2v) is 2.66. The lowest BCUT2D eigenvalue weighted by Crippen LogP contribution is -2.31. The van der Waals surface area contributed by atoms with Gasteiger partial charge in [0.1, 0.15) is 0 Å². The van der Waals surface area contributed by atoms with Crippen LogP contribution < -0.4 is 4.72 Å². The van der Waals surface area contributed by atoms with Gasteiger partial charge in [0.05, 0.1) is 6.61 Å². The van der Waals surface area contributed by atoms with Crippen LogP contribution in [0.25, 0.3) is 0 Å². The molecule has 0 fully saturated rings. The highest BCUT2D eigenvalue weighted by molar-refractivity contribution is 7.77. The Labute approximate surface area is 63.4 Å². The highest BCUT2D eigenvalue weighted by Crippen LogP contribution is 1.83. The lowest BCUT2D eigenvalue weighted by atomic mass is 10.4. The molecule has 0 bridgehead atoms. The zero-order chi connectivity index (χ0) is 7.98. The van der Waals surface area contributed by atoms with E-state index in [2.05, 4.69) is 4.72 Å². The Kier molecular flexibility index (Phi) is 5.81. The maximum absolute atomic E-state index is 10.1. The summed E-state index contributed by atoms with van der Waals surface area (Å²) in [5, 5.41) is 0. The van der Waals surface area contributed by atoms with E-state index in [0.717, 1.165) is 0 Å². The van der Waals surface area contributed by atoms with Crippen molar-refractivity contribution in [1.29, 1.82) is 0 Å². The minimum absolute atomic E-state index is 0.0780. The fourth-order valence-electron chi connectivity index (χ4n) is 0.501. The van der Waals surface area contributed by atoms with Crippen LogP contribution in [-0.4, -0.2) is 28.0 Å². The van der Waals surface area contributed by atoms with Crippen molar-refractivity contribution in [3.63, 3.8) is 0 Å². The quantitative estimate of drug-likeness (QED) is 0.572. The second-order valence-electron chi connectivity index (χ2n) is 1.93. The van der Waals surface area contributed by atoms with E-state index in [9.17, 15) is 4.21 Å². The molecular weight excluding hydrogens is 154 g/mol. The van der Waals surface area contributed by atoms with E-state index in [0.29, 0.717) is 13.2 Å². The Bertz CT molecular complexity index is 109. The summed E-state index contributed by atoms with van der Waals surface area (Å²) in [6.45, 7) is 4.75. The molecule has 0 amide bonds. The van der Waals surface area contributed by atoms with Gasteiger partial charge in [-0.1, -0.05) is 0 Å². The molecule has 0 aromatic carbocycles. The molecule has 0 aromatic rings. The maximum atomic E-state index is 10.1. The van der Waals surface area contributed by atoms with E-state index >= 15 is 0 Å². The molecule has 0 saturated carbocycles. The number of nitrogens with one attached hydrogen (secondary N) is 1. The van der Waals surface area contributed by atoms with Crippen molar-refractivity contribution in [3.8, 4) is 0 Å². The molecule has 0 spiro atoms. The highest BCUT2D eigenvalue weighted by Gasteiger charge is 2.02. The van der Waals surface area contributed by atoms with Crippen molar-refractivity contribution in [1.82, 2.24) is 4.72 Å². The zero-order valence-electron chi connectivity index (χ0n) is 6.16. The Morgan fingerprint density at radius 1 is 1.80 bits per heavy atom. The Hall–Kier alpha value is 0.0300. The van der Waals surface area contributed by atoms with Crippen molar-refractivity contribution < 1.29 is 13.5 Å². The van der Waals surface area contributed by atoms with Gasteiger partial charge < -0.3 is 4.74 Å². The molecular formula is C5H13NO3S.